The average Bonchev–Trinajstić information content (AvgIpc) is 3.31. The SMILES string of the molecule is Cc1ccc(CNC(=O)c2cccc(C(C)Oc3ccnc(Nc4nc5ccccc5[nH]4)c3)c2)cc1. The molecule has 5 aromatic rings. The van der Waals surface area contributed by atoms with Crippen LogP contribution >= 0.6 is 0 Å². The number of nitrogens with zero attached hydrogens (tertiary/aromatic N) is 2. The number of imidazole rings is 1. The van der Waals surface area contributed by atoms with Gasteiger partial charge in [-0.2, -0.15) is 0 Å². The van der Waals surface area contributed by atoms with Gasteiger partial charge in [0.2, 0.25) is 5.95 Å². The molecule has 0 aliphatic rings. The minimum atomic E-state index is -0.267. The monoisotopic (exact) mass is 477 g/mol. The largest absolute Gasteiger partial charge is 0.486 e. The first kappa shape index (κ1) is 23.1. The summed E-state index contributed by atoms with van der Waals surface area (Å²) in [5, 5.41) is 6.18. The Kier molecular flexibility index (Phi) is 6.62. The maximum Gasteiger partial charge on any atom is 0.251 e. The third-order valence-electron chi connectivity index (χ3n) is 5.87. The van der Waals surface area contributed by atoms with E-state index in [1.807, 2.05) is 92.7 Å². The van der Waals surface area contributed by atoms with Gasteiger partial charge < -0.3 is 20.4 Å². The fourth-order valence-corrected chi connectivity index (χ4v) is 3.88. The molecule has 1 amide bonds. The molecule has 3 aromatic carbocycles. The average molecular weight is 478 g/mol. The van der Waals surface area contributed by atoms with E-state index in [4.69, 9.17) is 4.74 Å². The molecule has 0 spiro atoms. The van der Waals surface area contributed by atoms with Crippen LogP contribution in [-0.2, 0) is 6.54 Å². The lowest BCUT2D eigenvalue weighted by atomic mass is 10.1. The number of fused-ring (bicyclic) bond motifs is 1. The van der Waals surface area contributed by atoms with Crippen LogP contribution in [0.25, 0.3) is 11.0 Å². The predicted octanol–water partition coefficient (Wildman–Crippen LogP) is 6.08. The first-order valence-corrected chi connectivity index (χ1v) is 11.8. The molecule has 2 aromatic heterocycles. The molecule has 2 heterocycles. The van der Waals surface area contributed by atoms with Crippen molar-refractivity contribution in [3.8, 4) is 5.75 Å². The Morgan fingerprint density at radius 1 is 1.00 bits per heavy atom. The van der Waals surface area contributed by atoms with Gasteiger partial charge in [-0.1, -0.05) is 54.1 Å². The van der Waals surface area contributed by atoms with Crippen molar-refractivity contribution in [3.63, 3.8) is 0 Å². The summed E-state index contributed by atoms with van der Waals surface area (Å²) in [4.78, 5) is 24.8. The Bertz CT molecular complexity index is 1460. The topological polar surface area (TPSA) is 91.9 Å². The molecular weight excluding hydrogens is 450 g/mol. The number of carbonyl (C=O) groups excluding carboxylic acids is 1. The van der Waals surface area contributed by atoms with Gasteiger partial charge in [-0.05, 0) is 55.3 Å². The zero-order valence-electron chi connectivity index (χ0n) is 20.2. The molecule has 0 fully saturated rings. The number of nitrogens with one attached hydrogen (secondary N) is 3. The molecule has 0 aliphatic carbocycles. The maximum absolute atomic E-state index is 12.7. The normalized spacial score (nSPS) is 11.7. The third-order valence-corrected chi connectivity index (χ3v) is 5.87. The van der Waals surface area contributed by atoms with Gasteiger partial charge in [0.15, 0.2) is 0 Å². The van der Waals surface area contributed by atoms with E-state index in [1.54, 1.807) is 12.3 Å². The standard InChI is InChI=1S/C29H27N5O2/c1-19-10-12-21(13-11-19)18-31-28(35)23-7-5-6-22(16-23)20(2)36-24-14-15-30-27(17-24)34-29-32-25-8-3-4-9-26(25)33-29/h3-17,20H,18H2,1-2H3,(H,31,35)(H2,30,32,33,34). The molecule has 5 rings (SSSR count). The van der Waals surface area contributed by atoms with Crippen molar-refractivity contribution in [1.29, 1.82) is 0 Å². The highest BCUT2D eigenvalue weighted by atomic mass is 16.5. The second kappa shape index (κ2) is 10.3. The lowest BCUT2D eigenvalue weighted by Crippen LogP contribution is -2.23. The summed E-state index contributed by atoms with van der Waals surface area (Å²) in [7, 11) is 0. The zero-order chi connectivity index (χ0) is 24.9. The van der Waals surface area contributed by atoms with Crippen LogP contribution in [0.1, 0.15) is 40.1 Å². The lowest BCUT2D eigenvalue weighted by Gasteiger charge is -2.16. The van der Waals surface area contributed by atoms with Crippen LogP contribution in [0.4, 0.5) is 11.8 Å². The quantitative estimate of drug-likeness (QED) is 0.252. The molecule has 1 unspecified atom stereocenters. The Hall–Kier alpha value is -4.65. The fourth-order valence-electron chi connectivity index (χ4n) is 3.88. The van der Waals surface area contributed by atoms with Crippen LogP contribution in [0.3, 0.4) is 0 Å². The number of hydrogen-bond acceptors (Lipinski definition) is 5. The van der Waals surface area contributed by atoms with Crippen LogP contribution < -0.4 is 15.4 Å². The number of hydrogen-bond donors (Lipinski definition) is 3. The van der Waals surface area contributed by atoms with Crippen molar-refractivity contribution in [2.75, 3.05) is 5.32 Å². The number of carbonyl (C=O) groups is 1. The van der Waals surface area contributed by atoms with E-state index < -0.39 is 0 Å². The van der Waals surface area contributed by atoms with E-state index in [9.17, 15) is 4.79 Å². The predicted molar refractivity (Wildman–Crippen MR) is 141 cm³/mol. The first-order chi connectivity index (χ1) is 17.5. The molecule has 0 saturated heterocycles. The fraction of sp³-hybridized carbons (Fsp3) is 0.138. The highest BCUT2D eigenvalue weighted by Gasteiger charge is 2.12. The molecule has 0 aliphatic heterocycles. The van der Waals surface area contributed by atoms with Crippen LogP contribution in [0.2, 0.25) is 0 Å². The van der Waals surface area contributed by atoms with Crippen molar-refractivity contribution >= 4 is 28.7 Å². The minimum Gasteiger partial charge on any atom is -0.486 e. The van der Waals surface area contributed by atoms with E-state index in [0.29, 0.717) is 29.6 Å². The van der Waals surface area contributed by atoms with Crippen molar-refractivity contribution in [3.05, 3.63) is 113 Å². The Morgan fingerprint density at radius 3 is 2.67 bits per heavy atom. The highest BCUT2D eigenvalue weighted by Crippen LogP contribution is 2.25. The van der Waals surface area contributed by atoms with E-state index in [0.717, 1.165) is 22.2 Å². The Balaban J connectivity index is 1.23. The summed E-state index contributed by atoms with van der Waals surface area (Å²) in [5.41, 5.74) is 5.58. The number of para-hydroxylation sites is 2. The van der Waals surface area contributed by atoms with Gasteiger partial charge in [0.25, 0.3) is 5.91 Å². The third kappa shape index (κ3) is 5.52. The van der Waals surface area contributed by atoms with Crippen molar-refractivity contribution in [2.45, 2.75) is 26.5 Å². The number of amides is 1. The lowest BCUT2D eigenvalue weighted by molar-refractivity contribution is 0.0950. The highest BCUT2D eigenvalue weighted by molar-refractivity contribution is 5.94. The molecule has 7 nitrogen and oxygen atoms in total. The second-order valence-corrected chi connectivity index (χ2v) is 8.66. The number of ether oxygens (including phenoxy) is 1. The van der Waals surface area contributed by atoms with Crippen molar-refractivity contribution in [1.82, 2.24) is 20.3 Å². The number of H-pyrrole nitrogens is 1. The first-order valence-electron chi connectivity index (χ1n) is 11.8. The van der Waals surface area contributed by atoms with E-state index in [1.165, 1.54) is 5.56 Å². The van der Waals surface area contributed by atoms with E-state index in [-0.39, 0.29) is 12.0 Å². The number of aromatic nitrogens is 3. The molecule has 7 heteroatoms. The summed E-state index contributed by atoms with van der Waals surface area (Å²) < 4.78 is 6.17. The molecule has 36 heavy (non-hydrogen) atoms. The van der Waals surface area contributed by atoms with Gasteiger partial charge in [-0.25, -0.2) is 9.97 Å². The molecular formula is C29H27N5O2. The van der Waals surface area contributed by atoms with Gasteiger partial charge in [-0.3, -0.25) is 4.79 Å². The summed E-state index contributed by atoms with van der Waals surface area (Å²) in [6.45, 7) is 4.48. The van der Waals surface area contributed by atoms with E-state index >= 15 is 0 Å². The van der Waals surface area contributed by atoms with Crippen molar-refractivity contribution in [2.24, 2.45) is 0 Å². The van der Waals surface area contributed by atoms with Gasteiger partial charge in [0, 0.05) is 24.4 Å². The maximum atomic E-state index is 12.7. The number of pyridine rings is 1. The van der Waals surface area contributed by atoms with Gasteiger partial charge >= 0.3 is 0 Å². The number of anilines is 2. The number of aromatic amines is 1. The number of aryl methyl sites for hydroxylation is 1. The van der Waals surface area contributed by atoms with E-state index in [2.05, 4.69) is 25.6 Å². The molecule has 0 bridgehead atoms. The van der Waals surface area contributed by atoms with Crippen LogP contribution in [0, 0.1) is 6.92 Å². The zero-order valence-corrected chi connectivity index (χ0v) is 20.2. The van der Waals surface area contributed by atoms with Gasteiger partial charge in [0.05, 0.1) is 11.0 Å². The Labute approximate surface area is 209 Å². The number of rotatable bonds is 8. The van der Waals surface area contributed by atoms with Crippen LogP contribution in [0.15, 0.2) is 91.1 Å². The summed E-state index contributed by atoms with van der Waals surface area (Å²) in [5.74, 6) is 1.76. The number of benzene rings is 3. The summed E-state index contributed by atoms with van der Waals surface area (Å²) >= 11 is 0. The minimum absolute atomic E-state index is 0.120. The van der Waals surface area contributed by atoms with Crippen LogP contribution in [-0.4, -0.2) is 20.9 Å². The van der Waals surface area contributed by atoms with Crippen molar-refractivity contribution < 1.29 is 9.53 Å². The smallest absolute Gasteiger partial charge is 0.251 e. The molecule has 1 atom stereocenters. The van der Waals surface area contributed by atoms with Gasteiger partial charge in [-0.15, -0.1) is 0 Å². The molecule has 0 saturated carbocycles. The van der Waals surface area contributed by atoms with Gasteiger partial charge in [0.1, 0.15) is 17.7 Å². The summed E-state index contributed by atoms with van der Waals surface area (Å²) in [6, 6.07) is 27.1. The molecule has 180 valence electrons. The summed E-state index contributed by atoms with van der Waals surface area (Å²) in [6.07, 6.45) is 1.42. The Morgan fingerprint density at radius 2 is 1.83 bits per heavy atom. The molecule has 0 radical (unpaired) electrons. The second-order valence-electron chi connectivity index (χ2n) is 8.66. The molecule has 3 N–H and O–H groups in total. The van der Waals surface area contributed by atoms with Crippen LogP contribution in [0.5, 0.6) is 5.75 Å².